The standard InChI is InChI=1S/C12H16BrNO3S/c1-9-8-14(6-5-12(9)15)18(16,17)11-4-2-3-10(13)7-11/h2-4,7,9,12,15H,5-6,8H2,1H3. The lowest BCUT2D eigenvalue weighted by Gasteiger charge is -2.33. The Balaban J connectivity index is 2.27. The zero-order valence-electron chi connectivity index (χ0n) is 10.1. The molecule has 1 saturated heterocycles. The Morgan fingerprint density at radius 3 is 2.78 bits per heavy atom. The van der Waals surface area contributed by atoms with Gasteiger partial charge in [-0.15, -0.1) is 0 Å². The van der Waals surface area contributed by atoms with E-state index in [2.05, 4.69) is 15.9 Å². The fourth-order valence-electron chi connectivity index (χ4n) is 2.09. The highest BCUT2D eigenvalue weighted by molar-refractivity contribution is 9.10. The molecule has 0 aromatic heterocycles. The Bertz CT molecular complexity index is 532. The van der Waals surface area contributed by atoms with Crippen LogP contribution in [0.15, 0.2) is 33.6 Å². The van der Waals surface area contributed by atoms with Gasteiger partial charge in [-0.05, 0) is 30.5 Å². The molecule has 1 N–H and O–H groups in total. The van der Waals surface area contributed by atoms with E-state index in [1.807, 2.05) is 6.92 Å². The Hall–Kier alpha value is -0.430. The molecule has 1 heterocycles. The quantitative estimate of drug-likeness (QED) is 0.898. The normalized spacial score (nSPS) is 26.2. The molecule has 1 aliphatic rings. The van der Waals surface area contributed by atoms with Crippen LogP contribution in [0.3, 0.4) is 0 Å². The summed E-state index contributed by atoms with van der Waals surface area (Å²) < 4.78 is 27.0. The highest BCUT2D eigenvalue weighted by atomic mass is 79.9. The molecule has 1 fully saturated rings. The molecule has 0 radical (unpaired) electrons. The van der Waals surface area contributed by atoms with Gasteiger partial charge < -0.3 is 5.11 Å². The van der Waals surface area contributed by atoms with Crippen LogP contribution in [-0.4, -0.2) is 37.0 Å². The minimum Gasteiger partial charge on any atom is -0.393 e. The molecular formula is C12H16BrNO3S. The van der Waals surface area contributed by atoms with Crippen molar-refractivity contribution in [2.24, 2.45) is 5.92 Å². The number of benzene rings is 1. The molecule has 1 aromatic carbocycles. The van der Waals surface area contributed by atoms with Crippen LogP contribution in [0.1, 0.15) is 13.3 Å². The van der Waals surface area contributed by atoms with E-state index in [9.17, 15) is 13.5 Å². The second kappa shape index (κ2) is 5.28. The van der Waals surface area contributed by atoms with Crippen molar-refractivity contribution >= 4 is 26.0 Å². The lowest BCUT2D eigenvalue weighted by atomic mass is 9.99. The molecule has 4 nitrogen and oxygen atoms in total. The van der Waals surface area contributed by atoms with Gasteiger partial charge in [-0.1, -0.05) is 28.9 Å². The summed E-state index contributed by atoms with van der Waals surface area (Å²) in [6, 6.07) is 6.70. The van der Waals surface area contributed by atoms with Crippen molar-refractivity contribution in [1.29, 1.82) is 0 Å². The molecule has 2 rings (SSSR count). The molecule has 0 aliphatic carbocycles. The van der Waals surface area contributed by atoms with Gasteiger partial charge in [0.15, 0.2) is 0 Å². The summed E-state index contributed by atoms with van der Waals surface area (Å²) in [7, 11) is -3.45. The lowest BCUT2D eigenvalue weighted by molar-refractivity contribution is 0.0628. The molecule has 0 spiro atoms. The summed E-state index contributed by atoms with van der Waals surface area (Å²) in [6.45, 7) is 2.61. The van der Waals surface area contributed by atoms with E-state index in [0.717, 1.165) is 4.47 Å². The largest absolute Gasteiger partial charge is 0.393 e. The summed E-state index contributed by atoms with van der Waals surface area (Å²) >= 11 is 3.28. The summed E-state index contributed by atoms with van der Waals surface area (Å²) in [5.74, 6) is -0.0272. The van der Waals surface area contributed by atoms with Crippen LogP contribution in [0.2, 0.25) is 0 Å². The first-order valence-corrected chi connectivity index (χ1v) is 8.08. The minimum absolute atomic E-state index is 0.0272. The average molecular weight is 334 g/mol. The number of aliphatic hydroxyl groups excluding tert-OH is 1. The van der Waals surface area contributed by atoms with Gasteiger partial charge in [0.1, 0.15) is 0 Å². The smallest absolute Gasteiger partial charge is 0.243 e. The first-order valence-electron chi connectivity index (χ1n) is 5.85. The molecule has 18 heavy (non-hydrogen) atoms. The van der Waals surface area contributed by atoms with E-state index in [-0.39, 0.29) is 5.92 Å². The van der Waals surface area contributed by atoms with Crippen molar-refractivity contribution in [3.8, 4) is 0 Å². The molecule has 100 valence electrons. The third-order valence-corrected chi connectivity index (χ3v) is 5.61. The van der Waals surface area contributed by atoms with Crippen molar-refractivity contribution < 1.29 is 13.5 Å². The monoisotopic (exact) mass is 333 g/mol. The highest BCUT2D eigenvalue weighted by Crippen LogP contribution is 2.25. The van der Waals surface area contributed by atoms with Gasteiger partial charge in [-0.3, -0.25) is 0 Å². The predicted molar refractivity (Wildman–Crippen MR) is 72.7 cm³/mol. The maximum absolute atomic E-state index is 12.4. The van der Waals surface area contributed by atoms with Crippen LogP contribution in [0, 0.1) is 5.92 Å². The maximum atomic E-state index is 12.4. The fourth-order valence-corrected chi connectivity index (χ4v) is 4.24. The van der Waals surface area contributed by atoms with Crippen LogP contribution in [0.25, 0.3) is 0 Å². The van der Waals surface area contributed by atoms with Crippen LogP contribution in [-0.2, 0) is 10.0 Å². The Morgan fingerprint density at radius 2 is 2.17 bits per heavy atom. The molecule has 6 heteroatoms. The molecule has 1 aromatic rings. The Morgan fingerprint density at radius 1 is 1.44 bits per heavy atom. The molecule has 0 saturated carbocycles. The van der Waals surface area contributed by atoms with Crippen molar-refractivity contribution in [1.82, 2.24) is 4.31 Å². The van der Waals surface area contributed by atoms with Crippen molar-refractivity contribution in [3.05, 3.63) is 28.7 Å². The van der Waals surface area contributed by atoms with Gasteiger partial charge in [0.2, 0.25) is 10.0 Å². The number of hydrogen-bond acceptors (Lipinski definition) is 3. The number of sulfonamides is 1. The van der Waals surface area contributed by atoms with Crippen molar-refractivity contribution in [3.63, 3.8) is 0 Å². The number of rotatable bonds is 2. The van der Waals surface area contributed by atoms with Gasteiger partial charge in [0, 0.05) is 17.6 Å². The summed E-state index contributed by atoms with van der Waals surface area (Å²) in [4.78, 5) is 0.292. The molecule has 1 aliphatic heterocycles. The van der Waals surface area contributed by atoms with Crippen LogP contribution in [0.4, 0.5) is 0 Å². The van der Waals surface area contributed by atoms with E-state index in [0.29, 0.717) is 24.4 Å². The number of piperidine rings is 1. The zero-order chi connectivity index (χ0) is 13.3. The zero-order valence-corrected chi connectivity index (χ0v) is 12.5. The van der Waals surface area contributed by atoms with Crippen molar-refractivity contribution in [2.45, 2.75) is 24.3 Å². The van der Waals surface area contributed by atoms with Crippen LogP contribution >= 0.6 is 15.9 Å². The predicted octanol–water partition coefficient (Wildman–Crippen LogP) is 1.84. The first-order chi connectivity index (χ1) is 8.41. The van der Waals surface area contributed by atoms with Crippen LogP contribution in [0.5, 0.6) is 0 Å². The van der Waals surface area contributed by atoms with Gasteiger partial charge in [0.25, 0.3) is 0 Å². The molecule has 0 bridgehead atoms. The van der Waals surface area contributed by atoms with Crippen LogP contribution < -0.4 is 0 Å². The third kappa shape index (κ3) is 2.77. The van der Waals surface area contributed by atoms with Gasteiger partial charge in [-0.25, -0.2) is 8.42 Å². The lowest BCUT2D eigenvalue weighted by Crippen LogP contribution is -2.44. The van der Waals surface area contributed by atoms with Crippen molar-refractivity contribution in [2.75, 3.05) is 13.1 Å². The molecular weight excluding hydrogens is 318 g/mol. The average Bonchev–Trinajstić information content (AvgIpc) is 2.32. The van der Waals surface area contributed by atoms with E-state index in [1.165, 1.54) is 4.31 Å². The first kappa shape index (κ1) is 14.0. The third-order valence-electron chi connectivity index (χ3n) is 3.26. The number of nitrogens with zero attached hydrogens (tertiary/aromatic N) is 1. The summed E-state index contributed by atoms with van der Waals surface area (Å²) in [5, 5.41) is 9.65. The van der Waals surface area contributed by atoms with E-state index < -0.39 is 16.1 Å². The maximum Gasteiger partial charge on any atom is 0.243 e. The second-order valence-electron chi connectivity index (χ2n) is 4.65. The number of hydrogen-bond donors (Lipinski definition) is 1. The SMILES string of the molecule is CC1CN(S(=O)(=O)c2cccc(Br)c2)CCC1O. The van der Waals surface area contributed by atoms with E-state index in [1.54, 1.807) is 24.3 Å². The Labute approximate surface area is 116 Å². The molecule has 2 atom stereocenters. The Kier molecular flexibility index (Phi) is 4.11. The van der Waals surface area contributed by atoms with E-state index in [4.69, 9.17) is 0 Å². The topological polar surface area (TPSA) is 57.6 Å². The van der Waals surface area contributed by atoms with Gasteiger partial charge >= 0.3 is 0 Å². The number of aliphatic hydroxyl groups is 1. The van der Waals surface area contributed by atoms with Gasteiger partial charge in [-0.2, -0.15) is 4.31 Å². The van der Waals surface area contributed by atoms with E-state index >= 15 is 0 Å². The molecule has 2 unspecified atom stereocenters. The number of halogens is 1. The highest BCUT2D eigenvalue weighted by Gasteiger charge is 2.32. The molecule has 0 amide bonds. The second-order valence-corrected chi connectivity index (χ2v) is 7.51. The summed E-state index contributed by atoms with van der Waals surface area (Å²) in [5.41, 5.74) is 0. The summed E-state index contributed by atoms with van der Waals surface area (Å²) in [6.07, 6.45) is 0.0907. The minimum atomic E-state index is -3.45. The fraction of sp³-hybridized carbons (Fsp3) is 0.500. The van der Waals surface area contributed by atoms with Gasteiger partial charge in [0.05, 0.1) is 11.0 Å².